The molecule has 4 atom stereocenters. The Labute approximate surface area is 227 Å². The van der Waals surface area contributed by atoms with E-state index in [1.807, 2.05) is 48.5 Å². The van der Waals surface area contributed by atoms with Gasteiger partial charge in [0.2, 0.25) is 23.9 Å². The quantitative estimate of drug-likeness (QED) is 0.268. The molecule has 3 heterocycles. The Bertz CT molecular complexity index is 1370. The number of nitrogens with two attached hydrogens (primary N) is 1. The molecule has 1 amide bonds. The van der Waals surface area contributed by atoms with E-state index >= 15 is 0 Å². The summed E-state index contributed by atoms with van der Waals surface area (Å²) in [6, 6.07) is 15.6. The number of carbonyl (C=O) groups excluding carboxylic acids is 2. The zero-order chi connectivity index (χ0) is 27.5. The summed E-state index contributed by atoms with van der Waals surface area (Å²) >= 11 is 0. The van der Waals surface area contributed by atoms with Crippen molar-refractivity contribution in [2.75, 3.05) is 25.0 Å². The van der Waals surface area contributed by atoms with Crippen molar-refractivity contribution in [3.8, 4) is 5.75 Å². The zero-order valence-electron chi connectivity index (χ0n) is 22.1. The number of primary amides is 1. The van der Waals surface area contributed by atoms with E-state index in [0.717, 1.165) is 43.7 Å². The van der Waals surface area contributed by atoms with Crippen molar-refractivity contribution in [3.05, 3.63) is 66.2 Å². The number of nitrogens with one attached hydrogen (secondary N) is 1. The molecule has 2 saturated heterocycles. The van der Waals surface area contributed by atoms with Gasteiger partial charge >= 0.3 is 0 Å². The lowest BCUT2D eigenvalue weighted by Crippen LogP contribution is -2.44. The number of ketones is 1. The average Bonchev–Trinajstić information content (AvgIpc) is 3.42. The number of nitrogens with zero attached hydrogens (tertiary/aromatic N) is 3. The lowest BCUT2D eigenvalue weighted by molar-refractivity contribution is -0.134. The largest absolute Gasteiger partial charge is 0.494 e. The highest BCUT2D eigenvalue weighted by Crippen LogP contribution is 2.33. The topological polar surface area (TPSA) is 132 Å². The first-order valence-electron chi connectivity index (χ1n) is 13.3. The van der Waals surface area contributed by atoms with E-state index in [1.54, 1.807) is 4.57 Å². The van der Waals surface area contributed by atoms with Crippen LogP contribution in [0.3, 0.4) is 0 Å². The van der Waals surface area contributed by atoms with E-state index < -0.39 is 12.5 Å². The van der Waals surface area contributed by atoms with Crippen LogP contribution in [0, 0.1) is 5.92 Å². The average molecular weight is 534 g/mol. The smallest absolute Gasteiger partial charge is 0.220 e. The molecule has 2 unspecified atom stereocenters. The highest BCUT2D eigenvalue weighted by atomic mass is 16.6. The van der Waals surface area contributed by atoms with Crippen LogP contribution in [-0.4, -0.2) is 63.3 Å². The summed E-state index contributed by atoms with van der Waals surface area (Å²) < 4.78 is 13.2. The van der Waals surface area contributed by atoms with E-state index in [4.69, 9.17) is 15.2 Å². The number of anilines is 1. The highest BCUT2D eigenvalue weighted by Gasteiger charge is 2.39. The summed E-state index contributed by atoms with van der Waals surface area (Å²) in [6.45, 7) is 8.61. The van der Waals surface area contributed by atoms with Gasteiger partial charge in [-0.1, -0.05) is 30.8 Å². The Balaban J connectivity index is 1.18. The van der Waals surface area contributed by atoms with Crippen LogP contribution in [0.4, 0.5) is 5.95 Å². The monoisotopic (exact) mass is 533 g/mol. The maximum atomic E-state index is 12.7. The molecule has 10 nitrogen and oxygen atoms in total. The van der Waals surface area contributed by atoms with Crippen LogP contribution >= 0.6 is 0 Å². The minimum Gasteiger partial charge on any atom is -0.494 e. The lowest BCUT2D eigenvalue weighted by atomic mass is 9.91. The van der Waals surface area contributed by atoms with Gasteiger partial charge in [0.25, 0.3) is 0 Å². The second kappa shape index (κ2) is 11.6. The number of hydrogen-bond donors (Lipinski definition) is 3. The molecule has 0 radical (unpaired) electrons. The second-order valence-corrected chi connectivity index (χ2v) is 10.2. The van der Waals surface area contributed by atoms with Crippen LogP contribution in [-0.2, 0) is 20.9 Å². The molecular weight excluding hydrogens is 498 g/mol. The Morgan fingerprint density at radius 2 is 2.10 bits per heavy atom. The molecule has 0 spiro atoms. The van der Waals surface area contributed by atoms with Gasteiger partial charge in [-0.05, 0) is 62.6 Å². The third kappa shape index (κ3) is 5.83. The fourth-order valence-corrected chi connectivity index (χ4v) is 5.33. The van der Waals surface area contributed by atoms with Crippen molar-refractivity contribution in [3.63, 3.8) is 0 Å². The molecule has 2 aliphatic rings. The number of Topliss-reactive ketones (excluding diaryl/α,β-unsaturated/α-hetero) is 1. The Kier molecular flexibility index (Phi) is 7.97. The van der Waals surface area contributed by atoms with E-state index in [1.165, 1.54) is 0 Å². The summed E-state index contributed by atoms with van der Waals surface area (Å²) in [5, 5.41) is 13.3. The number of amides is 1. The van der Waals surface area contributed by atoms with Crippen LogP contribution in [0.1, 0.15) is 38.0 Å². The van der Waals surface area contributed by atoms with Gasteiger partial charge in [-0.2, -0.15) is 0 Å². The van der Waals surface area contributed by atoms with Crippen molar-refractivity contribution >= 4 is 28.7 Å². The normalized spacial score (nSPS) is 23.8. The molecule has 2 aromatic carbocycles. The van der Waals surface area contributed by atoms with Crippen LogP contribution in [0.5, 0.6) is 5.75 Å². The molecule has 206 valence electrons. The summed E-state index contributed by atoms with van der Waals surface area (Å²) in [5.41, 5.74) is 7.90. The van der Waals surface area contributed by atoms with Gasteiger partial charge in [-0.3, -0.25) is 14.2 Å². The van der Waals surface area contributed by atoms with Crippen LogP contribution < -0.4 is 15.8 Å². The number of benzene rings is 2. The van der Waals surface area contributed by atoms with E-state index in [0.29, 0.717) is 36.2 Å². The van der Waals surface area contributed by atoms with Crippen molar-refractivity contribution < 1.29 is 24.2 Å². The zero-order valence-corrected chi connectivity index (χ0v) is 22.1. The van der Waals surface area contributed by atoms with Crippen molar-refractivity contribution in [2.45, 2.75) is 51.3 Å². The summed E-state index contributed by atoms with van der Waals surface area (Å²) in [4.78, 5) is 31.2. The van der Waals surface area contributed by atoms with Crippen LogP contribution in [0.25, 0.3) is 11.0 Å². The fraction of sp³-hybridized carbons (Fsp3) is 0.414. The molecule has 2 aliphatic heterocycles. The number of aliphatic hydroxyl groups excluding tert-OH is 1. The number of ether oxygens (including phenoxy) is 2. The van der Waals surface area contributed by atoms with Gasteiger partial charge in [0.15, 0.2) is 6.29 Å². The van der Waals surface area contributed by atoms with Gasteiger partial charge in [-0.15, -0.1) is 0 Å². The SMILES string of the molecule is C=C1C(=O)C(n2c(NCc3cccc(OCCCN4CCC(C(N)=O)C[C@@H]4C)c3)nc3ccccc32)O[C@@H]1O. The van der Waals surface area contributed by atoms with Crippen LogP contribution in [0.15, 0.2) is 60.7 Å². The first-order chi connectivity index (χ1) is 18.8. The lowest BCUT2D eigenvalue weighted by Gasteiger charge is -2.36. The number of piperidine rings is 1. The number of rotatable bonds is 10. The molecule has 2 fully saturated rings. The third-order valence-corrected chi connectivity index (χ3v) is 7.55. The maximum absolute atomic E-state index is 12.7. The Morgan fingerprint density at radius 1 is 1.28 bits per heavy atom. The molecule has 3 aromatic rings. The van der Waals surface area contributed by atoms with Gasteiger partial charge in [0, 0.05) is 30.6 Å². The van der Waals surface area contributed by atoms with Gasteiger partial charge in [-0.25, -0.2) is 4.98 Å². The van der Waals surface area contributed by atoms with Crippen molar-refractivity contribution in [2.24, 2.45) is 11.7 Å². The molecule has 39 heavy (non-hydrogen) atoms. The Hall–Kier alpha value is -3.73. The maximum Gasteiger partial charge on any atom is 0.220 e. The van der Waals surface area contributed by atoms with E-state index in [2.05, 4.69) is 28.7 Å². The molecule has 1 aromatic heterocycles. The predicted molar refractivity (Wildman–Crippen MR) is 147 cm³/mol. The molecular formula is C29H35N5O5. The first-order valence-corrected chi connectivity index (χ1v) is 13.3. The number of aliphatic hydroxyl groups is 1. The number of imidazole rings is 1. The second-order valence-electron chi connectivity index (χ2n) is 10.2. The summed E-state index contributed by atoms with van der Waals surface area (Å²) in [6.07, 6.45) is 0.136. The number of aromatic nitrogens is 2. The fourth-order valence-electron chi connectivity index (χ4n) is 5.33. The first kappa shape index (κ1) is 26.9. The Morgan fingerprint density at radius 3 is 2.85 bits per heavy atom. The number of hydrogen-bond acceptors (Lipinski definition) is 8. The summed E-state index contributed by atoms with van der Waals surface area (Å²) in [7, 11) is 0. The molecule has 0 saturated carbocycles. The molecule has 5 rings (SSSR count). The van der Waals surface area contributed by atoms with Gasteiger partial charge in [0.1, 0.15) is 5.75 Å². The molecule has 10 heteroatoms. The third-order valence-electron chi connectivity index (χ3n) is 7.55. The molecule has 4 N–H and O–H groups in total. The van der Waals surface area contributed by atoms with Gasteiger partial charge in [0.05, 0.1) is 17.6 Å². The number of fused-ring (bicyclic) bond motifs is 1. The van der Waals surface area contributed by atoms with E-state index in [9.17, 15) is 14.7 Å². The van der Waals surface area contributed by atoms with Crippen molar-refractivity contribution in [1.82, 2.24) is 14.5 Å². The number of likely N-dealkylation sites (tertiary alicyclic amines) is 1. The minimum atomic E-state index is -1.34. The van der Waals surface area contributed by atoms with Crippen LogP contribution in [0.2, 0.25) is 0 Å². The standard InChI is InChI=1S/C29H35N5O5/c1-18-15-21(26(30)36)11-13-33(18)12-6-14-38-22-8-5-7-20(16-22)17-31-29-32-23-9-3-4-10-24(23)34(29)27-25(35)19(2)28(37)39-27/h3-5,7-10,16,18,21,27-28,37H,2,6,11-15,17H2,1H3,(H2,30,36)(H,31,32)/t18-,21?,27?,28-/m0/s1. The predicted octanol–water partition coefficient (Wildman–Crippen LogP) is 2.98. The van der Waals surface area contributed by atoms with Gasteiger partial charge < -0.3 is 30.5 Å². The number of para-hydroxylation sites is 2. The highest BCUT2D eigenvalue weighted by molar-refractivity contribution is 6.00. The number of carbonyl (C=O) groups is 2. The molecule has 0 bridgehead atoms. The minimum absolute atomic E-state index is 0.0162. The van der Waals surface area contributed by atoms with E-state index in [-0.39, 0.29) is 23.2 Å². The van der Waals surface area contributed by atoms with Crippen molar-refractivity contribution in [1.29, 1.82) is 0 Å². The molecule has 0 aliphatic carbocycles. The summed E-state index contributed by atoms with van der Waals surface area (Å²) in [5.74, 6) is 0.642.